The minimum absolute atomic E-state index is 0.141. The SMILES string of the molecule is C=C(C)CC(O)(CCN[C@@H](C)c1ccc(Br)cc1)c1ccccc1F. The monoisotopic (exact) mass is 405 g/mol. The van der Waals surface area contributed by atoms with Crippen LogP contribution in [-0.4, -0.2) is 11.7 Å². The van der Waals surface area contributed by atoms with Gasteiger partial charge in [0.2, 0.25) is 0 Å². The van der Waals surface area contributed by atoms with E-state index in [-0.39, 0.29) is 11.9 Å². The molecule has 0 aliphatic heterocycles. The van der Waals surface area contributed by atoms with E-state index in [1.54, 1.807) is 18.2 Å². The molecule has 4 heteroatoms. The highest BCUT2D eigenvalue weighted by atomic mass is 79.9. The summed E-state index contributed by atoms with van der Waals surface area (Å²) in [5, 5.41) is 14.5. The van der Waals surface area contributed by atoms with Crippen LogP contribution in [0.1, 0.15) is 43.9 Å². The maximum Gasteiger partial charge on any atom is 0.129 e. The summed E-state index contributed by atoms with van der Waals surface area (Å²) in [6, 6.07) is 14.7. The number of halogens is 2. The van der Waals surface area contributed by atoms with Crippen molar-refractivity contribution in [3.8, 4) is 0 Å². The van der Waals surface area contributed by atoms with Crippen LogP contribution < -0.4 is 5.32 Å². The van der Waals surface area contributed by atoms with Gasteiger partial charge in [0.05, 0.1) is 5.60 Å². The predicted molar refractivity (Wildman–Crippen MR) is 105 cm³/mol. The lowest BCUT2D eigenvalue weighted by atomic mass is 9.84. The molecule has 2 nitrogen and oxygen atoms in total. The largest absolute Gasteiger partial charge is 0.385 e. The molecule has 2 aromatic rings. The van der Waals surface area contributed by atoms with Gasteiger partial charge in [-0.25, -0.2) is 4.39 Å². The van der Waals surface area contributed by atoms with Gasteiger partial charge in [-0.05, 0) is 50.6 Å². The van der Waals surface area contributed by atoms with Crippen LogP contribution in [-0.2, 0) is 5.60 Å². The topological polar surface area (TPSA) is 32.3 Å². The molecule has 2 rings (SSSR count). The van der Waals surface area contributed by atoms with E-state index in [1.807, 2.05) is 19.1 Å². The highest BCUT2D eigenvalue weighted by Gasteiger charge is 2.31. The molecule has 0 amide bonds. The highest BCUT2D eigenvalue weighted by molar-refractivity contribution is 9.10. The van der Waals surface area contributed by atoms with Crippen LogP contribution in [0.5, 0.6) is 0 Å². The first-order valence-corrected chi connectivity index (χ1v) is 9.22. The molecule has 2 aromatic carbocycles. The van der Waals surface area contributed by atoms with Gasteiger partial charge in [-0.2, -0.15) is 0 Å². The lowest BCUT2D eigenvalue weighted by Crippen LogP contribution is -2.33. The summed E-state index contributed by atoms with van der Waals surface area (Å²) in [5.74, 6) is -0.382. The minimum atomic E-state index is -1.26. The number of hydrogen-bond donors (Lipinski definition) is 2. The Morgan fingerprint density at radius 2 is 1.88 bits per heavy atom. The van der Waals surface area contributed by atoms with Gasteiger partial charge in [0.1, 0.15) is 5.82 Å². The number of aliphatic hydroxyl groups is 1. The van der Waals surface area contributed by atoms with E-state index in [1.165, 1.54) is 6.07 Å². The Morgan fingerprint density at radius 1 is 1.24 bits per heavy atom. The molecule has 1 unspecified atom stereocenters. The molecule has 0 spiro atoms. The lowest BCUT2D eigenvalue weighted by molar-refractivity contribution is 0.0241. The summed E-state index contributed by atoms with van der Waals surface area (Å²) in [6.07, 6.45) is 0.740. The van der Waals surface area contributed by atoms with E-state index < -0.39 is 5.60 Å². The van der Waals surface area contributed by atoms with Crippen molar-refractivity contribution in [1.82, 2.24) is 5.32 Å². The zero-order chi connectivity index (χ0) is 18.4. The van der Waals surface area contributed by atoms with Gasteiger partial charge in [-0.3, -0.25) is 0 Å². The Balaban J connectivity index is 2.06. The number of hydrogen-bond acceptors (Lipinski definition) is 2. The maximum absolute atomic E-state index is 14.2. The Morgan fingerprint density at radius 3 is 2.48 bits per heavy atom. The average Bonchev–Trinajstić information content (AvgIpc) is 2.55. The van der Waals surface area contributed by atoms with Crippen LogP contribution in [0.25, 0.3) is 0 Å². The fraction of sp³-hybridized carbons (Fsp3) is 0.333. The van der Waals surface area contributed by atoms with Crippen molar-refractivity contribution < 1.29 is 9.50 Å². The standard InChI is InChI=1S/C21H25BrFNO/c1-15(2)14-21(25,19-6-4-5-7-20(19)23)12-13-24-16(3)17-8-10-18(22)11-9-17/h4-11,16,24-25H,1,12-14H2,2-3H3/t16-,21?/m0/s1. The molecule has 134 valence electrons. The van der Waals surface area contributed by atoms with Crippen molar-refractivity contribution in [3.05, 3.63) is 82.1 Å². The third kappa shape index (κ3) is 5.50. The normalized spacial score (nSPS) is 14.8. The molecular weight excluding hydrogens is 381 g/mol. The van der Waals surface area contributed by atoms with E-state index in [4.69, 9.17) is 0 Å². The van der Waals surface area contributed by atoms with Crippen molar-refractivity contribution in [3.63, 3.8) is 0 Å². The molecule has 0 fully saturated rings. The molecule has 0 heterocycles. The third-order valence-corrected chi connectivity index (χ3v) is 4.86. The summed E-state index contributed by atoms with van der Waals surface area (Å²) in [6.45, 7) is 8.38. The third-order valence-electron chi connectivity index (χ3n) is 4.33. The first kappa shape index (κ1) is 19.8. The second kappa shape index (κ2) is 8.75. The van der Waals surface area contributed by atoms with Crippen molar-refractivity contribution in [1.29, 1.82) is 0 Å². The smallest absolute Gasteiger partial charge is 0.129 e. The van der Waals surface area contributed by atoms with Gasteiger partial charge in [0, 0.05) is 22.5 Å². The number of rotatable bonds is 8. The molecule has 0 radical (unpaired) electrons. The van der Waals surface area contributed by atoms with Gasteiger partial charge in [-0.1, -0.05) is 51.8 Å². The van der Waals surface area contributed by atoms with Crippen molar-refractivity contribution in [2.75, 3.05) is 6.54 Å². The van der Waals surface area contributed by atoms with Crippen molar-refractivity contribution >= 4 is 15.9 Å². The van der Waals surface area contributed by atoms with Gasteiger partial charge < -0.3 is 10.4 Å². The van der Waals surface area contributed by atoms with Gasteiger partial charge >= 0.3 is 0 Å². The van der Waals surface area contributed by atoms with Crippen LogP contribution in [0.4, 0.5) is 4.39 Å². The van der Waals surface area contributed by atoms with Crippen LogP contribution in [0.3, 0.4) is 0 Å². The molecule has 2 atom stereocenters. The highest BCUT2D eigenvalue weighted by Crippen LogP contribution is 2.33. The fourth-order valence-corrected chi connectivity index (χ4v) is 3.29. The maximum atomic E-state index is 14.2. The van der Waals surface area contributed by atoms with E-state index in [0.717, 1.165) is 15.6 Å². The molecule has 0 saturated heterocycles. The van der Waals surface area contributed by atoms with Crippen LogP contribution in [0, 0.1) is 5.82 Å². The molecule has 0 bridgehead atoms. The minimum Gasteiger partial charge on any atom is -0.385 e. The second-order valence-electron chi connectivity index (χ2n) is 6.62. The van der Waals surface area contributed by atoms with Crippen LogP contribution >= 0.6 is 15.9 Å². The summed E-state index contributed by atoms with van der Waals surface area (Å²) in [5.41, 5.74) is 1.06. The molecule has 25 heavy (non-hydrogen) atoms. The van der Waals surface area contributed by atoms with Gasteiger partial charge in [0.25, 0.3) is 0 Å². The molecular formula is C21H25BrFNO. The van der Waals surface area contributed by atoms with Crippen molar-refractivity contribution in [2.45, 2.75) is 38.3 Å². The summed E-state index contributed by atoms with van der Waals surface area (Å²) in [7, 11) is 0. The Labute approximate surface area is 157 Å². The predicted octanol–water partition coefficient (Wildman–Crippen LogP) is 5.48. The molecule has 0 aromatic heterocycles. The number of nitrogens with one attached hydrogen (secondary N) is 1. The van der Waals surface area contributed by atoms with Gasteiger partial charge in [0.15, 0.2) is 0 Å². The molecule has 0 aliphatic carbocycles. The van der Waals surface area contributed by atoms with Crippen LogP contribution in [0.15, 0.2) is 65.2 Å². The van der Waals surface area contributed by atoms with Crippen LogP contribution in [0.2, 0.25) is 0 Å². The quantitative estimate of drug-likeness (QED) is 0.569. The van der Waals surface area contributed by atoms with Crippen molar-refractivity contribution in [2.24, 2.45) is 0 Å². The Hall–Kier alpha value is -1.49. The second-order valence-corrected chi connectivity index (χ2v) is 7.54. The zero-order valence-electron chi connectivity index (χ0n) is 14.7. The first-order valence-electron chi connectivity index (χ1n) is 8.42. The Kier molecular flexibility index (Phi) is 6.94. The van der Waals surface area contributed by atoms with E-state index in [0.29, 0.717) is 24.9 Å². The van der Waals surface area contributed by atoms with E-state index in [9.17, 15) is 9.50 Å². The van der Waals surface area contributed by atoms with E-state index >= 15 is 0 Å². The average molecular weight is 406 g/mol. The summed E-state index contributed by atoms with van der Waals surface area (Å²) >= 11 is 3.43. The summed E-state index contributed by atoms with van der Waals surface area (Å²) < 4.78 is 15.3. The molecule has 0 aliphatic rings. The van der Waals surface area contributed by atoms with Gasteiger partial charge in [-0.15, -0.1) is 6.58 Å². The Bertz CT molecular complexity index is 716. The molecule has 0 saturated carbocycles. The lowest BCUT2D eigenvalue weighted by Gasteiger charge is -2.30. The number of benzene rings is 2. The van der Waals surface area contributed by atoms with E-state index in [2.05, 4.69) is 46.9 Å². The summed E-state index contributed by atoms with van der Waals surface area (Å²) in [4.78, 5) is 0. The first-order chi connectivity index (χ1) is 11.8. The molecule has 2 N–H and O–H groups in total. The zero-order valence-corrected chi connectivity index (χ0v) is 16.3. The fourth-order valence-electron chi connectivity index (χ4n) is 3.02.